The molecule has 0 radical (unpaired) electrons. The summed E-state index contributed by atoms with van der Waals surface area (Å²) in [4.78, 5) is 14.6. The zero-order valence-corrected chi connectivity index (χ0v) is 15.6. The number of carbonyl (C=O) groups is 1. The molecule has 27 heavy (non-hydrogen) atoms. The predicted molar refractivity (Wildman–Crippen MR) is 103 cm³/mol. The average Bonchev–Trinajstić information content (AvgIpc) is 2.74. The van der Waals surface area contributed by atoms with Gasteiger partial charge in [0.15, 0.2) is 6.61 Å². The largest absolute Gasteiger partial charge is 0.497 e. The smallest absolute Gasteiger partial charge is 0.258 e. The van der Waals surface area contributed by atoms with E-state index in [-0.39, 0.29) is 18.6 Å². The first-order chi connectivity index (χ1) is 13.3. The number of hydrogen-bond acceptors (Lipinski definition) is 5. The highest BCUT2D eigenvalue weighted by molar-refractivity contribution is 5.77. The zero-order valence-electron chi connectivity index (χ0n) is 15.6. The Morgan fingerprint density at radius 2 is 1.85 bits per heavy atom. The van der Waals surface area contributed by atoms with Gasteiger partial charge in [0.2, 0.25) is 0 Å². The van der Waals surface area contributed by atoms with Crippen LogP contribution in [0.4, 0.5) is 0 Å². The molecule has 0 spiro atoms. The molecule has 0 saturated carbocycles. The van der Waals surface area contributed by atoms with Gasteiger partial charge < -0.3 is 19.5 Å². The van der Waals surface area contributed by atoms with E-state index >= 15 is 0 Å². The highest BCUT2D eigenvalue weighted by Crippen LogP contribution is 2.24. The lowest BCUT2D eigenvalue weighted by molar-refractivity contribution is -0.123. The summed E-state index contributed by atoms with van der Waals surface area (Å²) < 4.78 is 16.3. The van der Waals surface area contributed by atoms with E-state index in [1.807, 2.05) is 48.5 Å². The lowest BCUT2D eigenvalue weighted by Crippen LogP contribution is -2.44. The van der Waals surface area contributed by atoms with E-state index in [4.69, 9.17) is 14.2 Å². The molecule has 1 fully saturated rings. The Balaban J connectivity index is 1.61. The molecule has 3 rings (SSSR count). The molecule has 1 amide bonds. The number of nitrogens with zero attached hydrogens (tertiary/aromatic N) is 1. The van der Waals surface area contributed by atoms with Gasteiger partial charge in [0, 0.05) is 19.6 Å². The van der Waals surface area contributed by atoms with Crippen molar-refractivity contribution in [1.82, 2.24) is 10.2 Å². The standard InChI is InChI=1S/C21H26N2O4/c1-25-19-9-5-6-17(14-19)20(23-10-12-26-13-11-23)15-22-21(24)16-27-18-7-3-2-4-8-18/h2-9,14,20H,10-13,15-16H2,1H3,(H,22,24)/t20-/m0/s1. The van der Waals surface area contributed by atoms with Crippen LogP contribution in [0.5, 0.6) is 11.5 Å². The van der Waals surface area contributed by atoms with Gasteiger partial charge in [0.05, 0.1) is 26.4 Å². The van der Waals surface area contributed by atoms with Gasteiger partial charge in [0.1, 0.15) is 11.5 Å². The molecule has 2 aromatic rings. The van der Waals surface area contributed by atoms with Gasteiger partial charge in [-0.05, 0) is 29.8 Å². The first kappa shape index (κ1) is 19.2. The van der Waals surface area contributed by atoms with Gasteiger partial charge in [-0.3, -0.25) is 9.69 Å². The molecule has 6 heteroatoms. The lowest BCUT2D eigenvalue weighted by atomic mass is 10.0. The maximum absolute atomic E-state index is 12.3. The SMILES string of the molecule is COc1cccc([C@H](CNC(=O)COc2ccccc2)N2CCOCC2)c1. The molecule has 0 aromatic heterocycles. The number of methoxy groups -OCH3 is 1. The Labute approximate surface area is 160 Å². The molecule has 0 unspecified atom stereocenters. The summed E-state index contributed by atoms with van der Waals surface area (Å²) in [6.07, 6.45) is 0. The van der Waals surface area contributed by atoms with Crippen LogP contribution < -0.4 is 14.8 Å². The highest BCUT2D eigenvalue weighted by Gasteiger charge is 2.23. The maximum Gasteiger partial charge on any atom is 0.258 e. The fourth-order valence-electron chi connectivity index (χ4n) is 3.12. The third kappa shape index (κ3) is 5.70. The summed E-state index contributed by atoms with van der Waals surface area (Å²) in [5.41, 5.74) is 1.11. The van der Waals surface area contributed by atoms with E-state index in [2.05, 4.69) is 16.3 Å². The van der Waals surface area contributed by atoms with Crippen molar-refractivity contribution in [2.24, 2.45) is 0 Å². The number of hydrogen-bond donors (Lipinski definition) is 1. The third-order valence-electron chi connectivity index (χ3n) is 4.57. The van der Waals surface area contributed by atoms with Gasteiger partial charge >= 0.3 is 0 Å². The lowest BCUT2D eigenvalue weighted by Gasteiger charge is -2.35. The molecular weight excluding hydrogens is 344 g/mol. The molecule has 6 nitrogen and oxygen atoms in total. The second-order valence-corrected chi connectivity index (χ2v) is 6.35. The topological polar surface area (TPSA) is 60.0 Å². The van der Waals surface area contributed by atoms with Gasteiger partial charge in [-0.25, -0.2) is 0 Å². The predicted octanol–water partition coefficient (Wildman–Crippen LogP) is 2.26. The Morgan fingerprint density at radius 3 is 2.59 bits per heavy atom. The molecule has 1 aliphatic heterocycles. The van der Waals surface area contributed by atoms with Crippen molar-refractivity contribution in [3.8, 4) is 11.5 Å². The highest BCUT2D eigenvalue weighted by atomic mass is 16.5. The van der Waals surface area contributed by atoms with E-state index in [9.17, 15) is 4.79 Å². The van der Waals surface area contributed by atoms with Gasteiger partial charge in [0.25, 0.3) is 5.91 Å². The van der Waals surface area contributed by atoms with E-state index in [1.165, 1.54) is 0 Å². The fourth-order valence-corrected chi connectivity index (χ4v) is 3.12. The second kappa shape index (κ2) is 9.94. The Morgan fingerprint density at radius 1 is 1.11 bits per heavy atom. The van der Waals surface area contributed by atoms with E-state index < -0.39 is 0 Å². The van der Waals surface area contributed by atoms with Gasteiger partial charge in [-0.2, -0.15) is 0 Å². The van der Waals surface area contributed by atoms with Crippen LogP contribution in [-0.4, -0.2) is 57.4 Å². The van der Waals surface area contributed by atoms with Crippen molar-refractivity contribution in [1.29, 1.82) is 0 Å². The van der Waals surface area contributed by atoms with Crippen molar-refractivity contribution in [2.75, 3.05) is 46.6 Å². The van der Waals surface area contributed by atoms with Crippen LogP contribution in [0, 0.1) is 0 Å². The third-order valence-corrected chi connectivity index (χ3v) is 4.57. The van der Waals surface area contributed by atoms with E-state index in [0.29, 0.717) is 25.5 Å². The molecule has 144 valence electrons. The number of para-hydroxylation sites is 1. The van der Waals surface area contributed by atoms with E-state index in [0.717, 1.165) is 24.4 Å². The molecule has 0 bridgehead atoms. The first-order valence-electron chi connectivity index (χ1n) is 9.16. The van der Waals surface area contributed by atoms with Crippen molar-refractivity contribution in [3.63, 3.8) is 0 Å². The van der Waals surface area contributed by atoms with Crippen molar-refractivity contribution in [3.05, 3.63) is 60.2 Å². The number of amides is 1. The normalized spacial score (nSPS) is 15.7. The minimum absolute atomic E-state index is 0.00203. The summed E-state index contributed by atoms with van der Waals surface area (Å²) in [5, 5.41) is 3.00. The van der Waals surface area contributed by atoms with Crippen molar-refractivity contribution >= 4 is 5.91 Å². The summed E-state index contributed by atoms with van der Waals surface area (Å²) in [5.74, 6) is 1.36. The van der Waals surface area contributed by atoms with Crippen LogP contribution in [0.1, 0.15) is 11.6 Å². The molecule has 1 aliphatic rings. The number of carbonyl (C=O) groups excluding carboxylic acids is 1. The van der Waals surface area contributed by atoms with Crippen LogP contribution in [0.2, 0.25) is 0 Å². The number of ether oxygens (including phenoxy) is 3. The van der Waals surface area contributed by atoms with Crippen LogP contribution in [-0.2, 0) is 9.53 Å². The molecule has 1 atom stereocenters. The van der Waals surface area contributed by atoms with Gasteiger partial charge in [-0.15, -0.1) is 0 Å². The maximum atomic E-state index is 12.3. The zero-order chi connectivity index (χ0) is 18.9. The molecule has 1 N–H and O–H groups in total. The quantitative estimate of drug-likeness (QED) is 0.772. The second-order valence-electron chi connectivity index (χ2n) is 6.35. The Kier molecular flexibility index (Phi) is 7.07. The monoisotopic (exact) mass is 370 g/mol. The van der Waals surface area contributed by atoms with Crippen LogP contribution in [0.15, 0.2) is 54.6 Å². The Hall–Kier alpha value is -2.57. The summed E-state index contributed by atoms with van der Waals surface area (Å²) in [7, 11) is 1.66. The summed E-state index contributed by atoms with van der Waals surface area (Å²) in [6.45, 7) is 3.57. The average molecular weight is 370 g/mol. The number of benzene rings is 2. The fraction of sp³-hybridized carbons (Fsp3) is 0.381. The molecular formula is C21H26N2O4. The number of nitrogens with one attached hydrogen (secondary N) is 1. The Bertz CT molecular complexity index is 717. The molecule has 1 heterocycles. The number of rotatable bonds is 8. The van der Waals surface area contributed by atoms with E-state index in [1.54, 1.807) is 7.11 Å². The molecule has 2 aromatic carbocycles. The van der Waals surface area contributed by atoms with Crippen molar-refractivity contribution in [2.45, 2.75) is 6.04 Å². The molecule has 1 saturated heterocycles. The minimum Gasteiger partial charge on any atom is -0.497 e. The minimum atomic E-state index is -0.139. The van der Waals surface area contributed by atoms with Crippen LogP contribution >= 0.6 is 0 Å². The van der Waals surface area contributed by atoms with Crippen molar-refractivity contribution < 1.29 is 19.0 Å². The van der Waals surface area contributed by atoms with Crippen LogP contribution in [0.3, 0.4) is 0 Å². The number of morpholine rings is 1. The molecule has 0 aliphatic carbocycles. The van der Waals surface area contributed by atoms with Crippen LogP contribution in [0.25, 0.3) is 0 Å². The van der Waals surface area contributed by atoms with Gasteiger partial charge in [-0.1, -0.05) is 30.3 Å². The first-order valence-corrected chi connectivity index (χ1v) is 9.16. The summed E-state index contributed by atoms with van der Waals surface area (Å²) in [6, 6.07) is 17.4. The summed E-state index contributed by atoms with van der Waals surface area (Å²) >= 11 is 0.